The molecule has 0 fully saturated rings. The average Bonchev–Trinajstić information content (AvgIpc) is 2.85. The molecule has 1 aromatic heterocycles. The van der Waals surface area contributed by atoms with Crippen molar-refractivity contribution >= 4 is 11.6 Å². The molecule has 0 aliphatic carbocycles. The zero-order valence-electron chi connectivity index (χ0n) is 9.11. The Labute approximate surface area is 101 Å². The molecular weight excluding hydrogens is 244 g/mol. The summed E-state index contributed by atoms with van der Waals surface area (Å²) in [7, 11) is 0. The molecule has 2 aromatic rings. The van der Waals surface area contributed by atoms with Crippen molar-refractivity contribution in [2.24, 2.45) is 0 Å². The van der Waals surface area contributed by atoms with Crippen molar-refractivity contribution in [3.05, 3.63) is 47.4 Å². The van der Waals surface area contributed by atoms with Crippen molar-refractivity contribution in [1.82, 2.24) is 10.5 Å². The molecule has 0 aliphatic rings. The number of rotatable bonds is 3. The van der Waals surface area contributed by atoms with Gasteiger partial charge in [0, 0.05) is 6.07 Å². The van der Waals surface area contributed by atoms with E-state index in [-0.39, 0.29) is 12.2 Å². The normalized spacial score (nSPS) is 10.3. The number of hydrogen-bond donors (Lipinski definition) is 2. The minimum absolute atomic E-state index is 0.0213. The van der Waals surface area contributed by atoms with E-state index in [4.69, 9.17) is 10.3 Å². The quantitative estimate of drug-likeness (QED) is 0.811. The number of benzene rings is 1. The number of anilines is 1. The van der Waals surface area contributed by atoms with Gasteiger partial charge in [-0.15, -0.1) is 0 Å². The minimum atomic E-state index is -1.08. The molecule has 2 rings (SSSR count). The molecule has 0 saturated carbocycles. The predicted molar refractivity (Wildman–Crippen MR) is 58.4 cm³/mol. The van der Waals surface area contributed by atoms with Gasteiger partial charge in [-0.1, -0.05) is 5.16 Å². The fourth-order valence-corrected chi connectivity index (χ4v) is 1.37. The Morgan fingerprint density at radius 3 is 2.83 bits per heavy atom. The van der Waals surface area contributed by atoms with E-state index in [1.165, 1.54) is 12.3 Å². The Bertz CT molecular complexity index is 570. The summed E-state index contributed by atoms with van der Waals surface area (Å²) in [5.41, 5.74) is 4.26. The monoisotopic (exact) mass is 253 g/mol. The number of halogens is 2. The van der Waals surface area contributed by atoms with Gasteiger partial charge in [-0.3, -0.25) is 4.79 Å². The molecule has 0 unspecified atom stereocenters. The Morgan fingerprint density at radius 1 is 1.39 bits per heavy atom. The van der Waals surface area contributed by atoms with Crippen molar-refractivity contribution < 1.29 is 18.1 Å². The molecular formula is C11H9F2N3O2. The molecule has 1 aromatic carbocycles. The molecule has 5 nitrogen and oxygen atoms in total. The van der Waals surface area contributed by atoms with Crippen LogP contribution < -0.4 is 11.1 Å². The van der Waals surface area contributed by atoms with E-state index in [1.807, 2.05) is 0 Å². The number of nitrogens with zero attached hydrogens (tertiary/aromatic N) is 1. The number of carbonyl (C=O) groups excluding carboxylic acids is 1. The highest BCUT2D eigenvalue weighted by molar-refractivity contribution is 5.95. The molecule has 3 N–H and O–H groups in total. The van der Waals surface area contributed by atoms with Crippen LogP contribution in [0, 0.1) is 11.6 Å². The van der Waals surface area contributed by atoms with Crippen LogP contribution in [-0.2, 0) is 6.54 Å². The van der Waals surface area contributed by atoms with E-state index >= 15 is 0 Å². The Hall–Kier alpha value is -2.44. The topological polar surface area (TPSA) is 81.2 Å². The highest BCUT2D eigenvalue weighted by Gasteiger charge is 2.19. The molecule has 0 aliphatic heterocycles. The molecule has 0 bridgehead atoms. The van der Waals surface area contributed by atoms with Gasteiger partial charge in [0.2, 0.25) is 0 Å². The van der Waals surface area contributed by atoms with Crippen LogP contribution in [0.3, 0.4) is 0 Å². The third-order valence-corrected chi connectivity index (χ3v) is 2.26. The van der Waals surface area contributed by atoms with E-state index in [9.17, 15) is 13.6 Å². The van der Waals surface area contributed by atoms with Crippen LogP contribution >= 0.6 is 0 Å². The molecule has 0 spiro atoms. The molecule has 1 amide bonds. The fraction of sp³-hybridized carbons (Fsp3) is 0.0909. The molecule has 1 heterocycles. The van der Waals surface area contributed by atoms with Gasteiger partial charge in [-0.25, -0.2) is 8.78 Å². The SMILES string of the molecule is Nc1ccc(F)c(C(=O)NCc2ccno2)c1F. The maximum atomic E-state index is 13.5. The Morgan fingerprint density at radius 2 is 2.17 bits per heavy atom. The van der Waals surface area contributed by atoms with Gasteiger partial charge in [-0.2, -0.15) is 0 Å². The number of carbonyl (C=O) groups is 1. The molecule has 0 atom stereocenters. The summed E-state index contributed by atoms with van der Waals surface area (Å²) >= 11 is 0. The standard InChI is InChI=1S/C11H9F2N3O2/c12-7-1-2-8(14)10(13)9(7)11(17)15-5-6-3-4-16-18-6/h1-4H,5,14H2,(H,15,17). The van der Waals surface area contributed by atoms with Crippen molar-refractivity contribution in [3.8, 4) is 0 Å². The number of aromatic nitrogens is 1. The summed E-state index contributed by atoms with van der Waals surface area (Å²) in [6.45, 7) is -0.0213. The maximum absolute atomic E-state index is 13.5. The van der Waals surface area contributed by atoms with Crippen LogP contribution in [0.5, 0.6) is 0 Å². The van der Waals surface area contributed by atoms with Crippen molar-refractivity contribution in [3.63, 3.8) is 0 Å². The second-order valence-corrected chi connectivity index (χ2v) is 3.49. The van der Waals surface area contributed by atoms with Crippen molar-refractivity contribution in [2.45, 2.75) is 6.54 Å². The highest BCUT2D eigenvalue weighted by Crippen LogP contribution is 2.18. The Kier molecular flexibility index (Phi) is 3.22. The third-order valence-electron chi connectivity index (χ3n) is 2.26. The zero-order chi connectivity index (χ0) is 13.1. The summed E-state index contributed by atoms with van der Waals surface area (Å²) in [6.07, 6.45) is 1.39. The van der Waals surface area contributed by atoms with E-state index in [0.29, 0.717) is 5.76 Å². The van der Waals surface area contributed by atoms with Crippen LogP contribution in [0.1, 0.15) is 16.1 Å². The van der Waals surface area contributed by atoms with Crippen LogP contribution in [0.4, 0.5) is 14.5 Å². The van der Waals surface area contributed by atoms with E-state index in [1.54, 1.807) is 0 Å². The number of nitrogens with one attached hydrogen (secondary N) is 1. The second kappa shape index (κ2) is 4.82. The van der Waals surface area contributed by atoms with Gasteiger partial charge in [0.15, 0.2) is 11.6 Å². The smallest absolute Gasteiger partial charge is 0.257 e. The van der Waals surface area contributed by atoms with E-state index in [2.05, 4.69) is 10.5 Å². The largest absolute Gasteiger partial charge is 0.396 e. The maximum Gasteiger partial charge on any atom is 0.257 e. The van der Waals surface area contributed by atoms with Crippen LogP contribution in [0.25, 0.3) is 0 Å². The fourth-order valence-electron chi connectivity index (χ4n) is 1.37. The van der Waals surface area contributed by atoms with Gasteiger partial charge < -0.3 is 15.6 Å². The molecule has 0 radical (unpaired) electrons. The van der Waals surface area contributed by atoms with Gasteiger partial charge in [0.1, 0.15) is 11.4 Å². The van der Waals surface area contributed by atoms with E-state index in [0.717, 1.165) is 12.1 Å². The van der Waals surface area contributed by atoms with Crippen molar-refractivity contribution in [2.75, 3.05) is 5.73 Å². The average molecular weight is 253 g/mol. The summed E-state index contributed by atoms with van der Waals surface area (Å²) < 4.78 is 31.6. The van der Waals surface area contributed by atoms with Crippen LogP contribution in [0.2, 0.25) is 0 Å². The summed E-state index contributed by atoms with van der Waals surface area (Å²) in [4.78, 5) is 11.6. The lowest BCUT2D eigenvalue weighted by atomic mass is 10.1. The lowest BCUT2D eigenvalue weighted by molar-refractivity contribution is 0.0938. The van der Waals surface area contributed by atoms with Crippen molar-refractivity contribution in [1.29, 1.82) is 0 Å². The predicted octanol–water partition coefficient (Wildman–Crippen LogP) is 1.47. The Balaban J connectivity index is 2.16. The summed E-state index contributed by atoms with van der Waals surface area (Å²) in [6, 6.07) is 3.51. The highest BCUT2D eigenvalue weighted by atomic mass is 19.1. The van der Waals surface area contributed by atoms with Gasteiger partial charge in [0.05, 0.1) is 18.4 Å². The van der Waals surface area contributed by atoms with Crippen LogP contribution in [-0.4, -0.2) is 11.1 Å². The van der Waals surface area contributed by atoms with E-state index < -0.39 is 23.1 Å². The lowest BCUT2D eigenvalue weighted by Gasteiger charge is -2.07. The van der Waals surface area contributed by atoms with Gasteiger partial charge in [0.25, 0.3) is 5.91 Å². The summed E-state index contributed by atoms with van der Waals surface area (Å²) in [5.74, 6) is -2.59. The third kappa shape index (κ3) is 2.29. The second-order valence-electron chi connectivity index (χ2n) is 3.49. The number of nitrogen functional groups attached to an aromatic ring is 1. The first-order valence-corrected chi connectivity index (χ1v) is 5.01. The molecule has 0 saturated heterocycles. The summed E-state index contributed by atoms with van der Waals surface area (Å²) in [5, 5.41) is 5.73. The van der Waals surface area contributed by atoms with Gasteiger partial charge >= 0.3 is 0 Å². The molecule has 18 heavy (non-hydrogen) atoms. The zero-order valence-corrected chi connectivity index (χ0v) is 9.11. The number of amides is 1. The first-order chi connectivity index (χ1) is 8.59. The van der Waals surface area contributed by atoms with Gasteiger partial charge in [-0.05, 0) is 12.1 Å². The molecule has 94 valence electrons. The lowest BCUT2D eigenvalue weighted by Crippen LogP contribution is -2.25. The number of nitrogens with two attached hydrogens (primary N) is 1. The van der Waals surface area contributed by atoms with Crippen LogP contribution in [0.15, 0.2) is 28.9 Å². The first kappa shape index (κ1) is 12.0. The minimum Gasteiger partial charge on any atom is -0.396 e. The number of hydrogen-bond acceptors (Lipinski definition) is 4. The first-order valence-electron chi connectivity index (χ1n) is 5.01. The molecule has 7 heteroatoms.